The van der Waals surface area contributed by atoms with Gasteiger partial charge in [0.1, 0.15) is 0 Å². The van der Waals surface area contributed by atoms with Crippen LogP contribution >= 0.6 is 31.9 Å². The number of methoxy groups -OCH3 is 2. The van der Waals surface area contributed by atoms with Gasteiger partial charge in [0.05, 0.1) is 20.3 Å². The number of hydrogen-bond donors (Lipinski definition) is 1. The summed E-state index contributed by atoms with van der Waals surface area (Å²) in [6, 6.07) is 12.2. The number of rotatable bonds is 5. The van der Waals surface area contributed by atoms with Gasteiger partial charge in [0.15, 0.2) is 11.5 Å². The Morgan fingerprint density at radius 2 is 1.52 bits per heavy atom. The van der Waals surface area contributed by atoms with E-state index in [2.05, 4.69) is 49.3 Å². The highest BCUT2D eigenvalue weighted by Gasteiger charge is 2.18. The largest absolute Gasteiger partial charge is 0.493 e. The van der Waals surface area contributed by atoms with Gasteiger partial charge in [0, 0.05) is 8.95 Å². The van der Waals surface area contributed by atoms with Crippen LogP contribution in [-0.4, -0.2) is 21.3 Å². The van der Waals surface area contributed by atoms with Crippen LogP contribution in [-0.2, 0) is 0 Å². The molecule has 112 valence electrons. The molecule has 3 nitrogen and oxygen atoms in total. The number of hydrogen-bond acceptors (Lipinski definition) is 3. The molecule has 0 amide bonds. The molecular weight excluding hydrogens is 398 g/mol. The lowest BCUT2D eigenvalue weighted by molar-refractivity contribution is 0.354. The van der Waals surface area contributed by atoms with E-state index in [-0.39, 0.29) is 6.04 Å². The SMILES string of the molecule is CNC(c1ccc(Br)cc1)c1cc(OC)c(OC)cc1Br. The third kappa shape index (κ3) is 3.59. The molecule has 0 saturated carbocycles. The summed E-state index contributed by atoms with van der Waals surface area (Å²) in [5.41, 5.74) is 2.27. The maximum Gasteiger partial charge on any atom is 0.161 e. The molecule has 0 aliphatic heterocycles. The molecule has 0 heterocycles. The Morgan fingerprint density at radius 1 is 0.952 bits per heavy atom. The van der Waals surface area contributed by atoms with E-state index in [0.717, 1.165) is 14.5 Å². The molecule has 1 atom stereocenters. The molecule has 5 heteroatoms. The van der Waals surface area contributed by atoms with Crippen molar-refractivity contribution in [2.75, 3.05) is 21.3 Å². The van der Waals surface area contributed by atoms with Crippen LogP contribution in [0.2, 0.25) is 0 Å². The first-order valence-corrected chi connectivity index (χ1v) is 8.03. The molecule has 0 saturated heterocycles. The Bertz CT molecular complexity index is 614. The lowest BCUT2D eigenvalue weighted by Crippen LogP contribution is -2.18. The van der Waals surface area contributed by atoms with E-state index < -0.39 is 0 Å². The zero-order valence-corrected chi connectivity index (χ0v) is 15.3. The van der Waals surface area contributed by atoms with E-state index in [9.17, 15) is 0 Å². The first-order valence-electron chi connectivity index (χ1n) is 6.44. The van der Waals surface area contributed by atoms with Gasteiger partial charge in [-0.15, -0.1) is 0 Å². The summed E-state index contributed by atoms with van der Waals surface area (Å²) in [5, 5.41) is 3.34. The lowest BCUT2D eigenvalue weighted by Gasteiger charge is -2.20. The molecule has 1 N–H and O–H groups in total. The van der Waals surface area contributed by atoms with E-state index in [1.807, 2.05) is 31.3 Å². The van der Waals surface area contributed by atoms with Gasteiger partial charge < -0.3 is 14.8 Å². The molecule has 0 aliphatic carbocycles. The summed E-state index contributed by atoms with van der Waals surface area (Å²) in [6.45, 7) is 0. The Labute approximate surface area is 141 Å². The number of nitrogens with one attached hydrogen (secondary N) is 1. The first kappa shape index (κ1) is 16.3. The zero-order chi connectivity index (χ0) is 15.4. The smallest absolute Gasteiger partial charge is 0.161 e. The van der Waals surface area contributed by atoms with Crippen LogP contribution in [0, 0.1) is 0 Å². The third-order valence-corrected chi connectivity index (χ3v) is 4.52. The zero-order valence-electron chi connectivity index (χ0n) is 12.1. The van der Waals surface area contributed by atoms with Crippen LogP contribution in [0.5, 0.6) is 11.5 Å². The second-order valence-electron chi connectivity index (χ2n) is 4.50. The van der Waals surface area contributed by atoms with Crippen molar-refractivity contribution in [3.8, 4) is 11.5 Å². The summed E-state index contributed by atoms with van der Waals surface area (Å²) in [7, 11) is 5.22. The van der Waals surface area contributed by atoms with Gasteiger partial charge >= 0.3 is 0 Å². The maximum absolute atomic E-state index is 5.40. The van der Waals surface area contributed by atoms with Gasteiger partial charge in [0.2, 0.25) is 0 Å². The highest BCUT2D eigenvalue weighted by Crippen LogP contribution is 2.38. The number of ether oxygens (including phenoxy) is 2. The van der Waals surface area contributed by atoms with E-state index >= 15 is 0 Å². The molecule has 0 spiro atoms. The van der Waals surface area contributed by atoms with E-state index in [4.69, 9.17) is 9.47 Å². The monoisotopic (exact) mass is 413 g/mol. The lowest BCUT2D eigenvalue weighted by atomic mass is 9.98. The average Bonchev–Trinajstić information content (AvgIpc) is 2.50. The average molecular weight is 415 g/mol. The molecule has 0 radical (unpaired) electrons. The molecular formula is C16H17Br2NO2. The van der Waals surface area contributed by atoms with Crippen molar-refractivity contribution in [1.29, 1.82) is 0 Å². The van der Waals surface area contributed by atoms with Crippen LogP contribution in [0.3, 0.4) is 0 Å². The molecule has 0 aliphatic rings. The van der Waals surface area contributed by atoms with E-state index in [1.54, 1.807) is 14.2 Å². The maximum atomic E-state index is 5.40. The van der Waals surface area contributed by atoms with Gasteiger partial charge in [-0.3, -0.25) is 0 Å². The van der Waals surface area contributed by atoms with Gasteiger partial charge in [-0.25, -0.2) is 0 Å². The van der Waals surface area contributed by atoms with Crippen LogP contribution in [0.4, 0.5) is 0 Å². The fourth-order valence-corrected chi connectivity index (χ4v) is 3.06. The fraction of sp³-hybridized carbons (Fsp3) is 0.250. The Kier molecular flexibility index (Phi) is 5.67. The van der Waals surface area contributed by atoms with Crippen LogP contribution in [0.1, 0.15) is 17.2 Å². The van der Waals surface area contributed by atoms with Crippen molar-refractivity contribution in [1.82, 2.24) is 5.32 Å². The van der Waals surface area contributed by atoms with Gasteiger partial charge in [-0.1, -0.05) is 44.0 Å². The first-order chi connectivity index (χ1) is 10.1. The van der Waals surface area contributed by atoms with Crippen molar-refractivity contribution in [3.63, 3.8) is 0 Å². The second kappa shape index (κ2) is 7.29. The van der Waals surface area contributed by atoms with Crippen molar-refractivity contribution in [2.24, 2.45) is 0 Å². The Morgan fingerprint density at radius 3 is 2.05 bits per heavy atom. The summed E-state index contributed by atoms with van der Waals surface area (Å²) in [5.74, 6) is 1.42. The minimum absolute atomic E-state index is 0.0623. The molecule has 0 bridgehead atoms. The second-order valence-corrected chi connectivity index (χ2v) is 6.27. The summed E-state index contributed by atoms with van der Waals surface area (Å²) in [6.07, 6.45) is 0. The number of halogens is 2. The molecule has 0 aromatic heterocycles. The van der Waals surface area contributed by atoms with E-state index in [0.29, 0.717) is 11.5 Å². The quantitative estimate of drug-likeness (QED) is 0.779. The number of benzene rings is 2. The van der Waals surface area contributed by atoms with Gasteiger partial charge in [-0.05, 0) is 42.4 Å². The molecule has 2 aromatic rings. The van der Waals surface area contributed by atoms with E-state index in [1.165, 1.54) is 5.56 Å². The summed E-state index contributed by atoms with van der Waals surface area (Å²) < 4.78 is 12.8. The predicted octanol–water partition coefficient (Wildman–Crippen LogP) is 4.54. The van der Waals surface area contributed by atoms with Gasteiger partial charge in [0.25, 0.3) is 0 Å². The van der Waals surface area contributed by atoms with Crippen molar-refractivity contribution < 1.29 is 9.47 Å². The highest BCUT2D eigenvalue weighted by atomic mass is 79.9. The Hall–Kier alpha value is -1.04. The molecule has 0 fully saturated rings. The fourth-order valence-electron chi connectivity index (χ4n) is 2.25. The minimum Gasteiger partial charge on any atom is -0.493 e. The van der Waals surface area contributed by atoms with Crippen molar-refractivity contribution in [2.45, 2.75) is 6.04 Å². The normalized spacial score (nSPS) is 12.0. The van der Waals surface area contributed by atoms with Crippen molar-refractivity contribution in [3.05, 3.63) is 56.5 Å². The van der Waals surface area contributed by atoms with Crippen LogP contribution < -0.4 is 14.8 Å². The summed E-state index contributed by atoms with van der Waals surface area (Å²) >= 11 is 7.08. The topological polar surface area (TPSA) is 30.5 Å². The van der Waals surface area contributed by atoms with Gasteiger partial charge in [-0.2, -0.15) is 0 Å². The molecule has 1 unspecified atom stereocenters. The third-order valence-electron chi connectivity index (χ3n) is 3.31. The van der Waals surface area contributed by atoms with Crippen LogP contribution in [0.15, 0.2) is 45.3 Å². The molecule has 21 heavy (non-hydrogen) atoms. The standard InChI is InChI=1S/C16H17Br2NO2/c1-19-16(10-4-6-11(17)7-5-10)12-8-14(20-2)15(21-3)9-13(12)18/h4-9,16,19H,1-3H3. The molecule has 2 aromatic carbocycles. The molecule has 2 rings (SSSR count). The predicted molar refractivity (Wildman–Crippen MR) is 92.3 cm³/mol. The van der Waals surface area contributed by atoms with Crippen molar-refractivity contribution >= 4 is 31.9 Å². The highest BCUT2D eigenvalue weighted by molar-refractivity contribution is 9.10. The minimum atomic E-state index is 0.0623. The van der Waals surface area contributed by atoms with Crippen LogP contribution in [0.25, 0.3) is 0 Å². The Balaban J connectivity index is 2.49. The summed E-state index contributed by atoms with van der Waals surface area (Å²) in [4.78, 5) is 0.